The predicted molar refractivity (Wildman–Crippen MR) is 77.5 cm³/mol. The molecule has 2 atom stereocenters. The molecule has 0 amide bonds. The monoisotopic (exact) mass is 379 g/mol. The Labute approximate surface area is 124 Å². The highest BCUT2D eigenvalue weighted by molar-refractivity contribution is 9.10. The SMILES string of the molecule is CC1CN(Cc2ccc(F)c(Br)c2)CC(CBr)O1. The van der Waals surface area contributed by atoms with Crippen LogP contribution in [0.5, 0.6) is 0 Å². The number of halogens is 3. The molecule has 0 radical (unpaired) electrons. The fourth-order valence-corrected chi connectivity index (χ4v) is 3.03. The van der Waals surface area contributed by atoms with Gasteiger partial charge in [-0.2, -0.15) is 0 Å². The number of hydrogen-bond acceptors (Lipinski definition) is 2. The maximum Gasteiger partial charge on any atom is 0.137 e. The summed E-state index contributed by atoms with van der Waals surface area (Å²) in [5.41, 5.74) is 1.12. The smallest absolute Gasteiger partial charge is 0.137 e. The van der Waals surface area contributed by atoms with Gasteiger partial charge in [-0.15, -0.1) is 0 Å². The Morgan fingerprint density at radius 3 is 2.89 bits per heavy atom. The Kier molecular flexibility index (Phi) is 5.18. The molecule has 1 fully saturated rings. The van der Waals surface area contributed by atoms with E-state index in [1.165, 1.54) is 6.07 Å². The third-order valence-corrected chi connectivity index (χ3v) is 4.29. The number of morpholine rings is 1. The van der Waals surface area contributed by atoms with Crippen molar-refractivity contribution < 1.29 is 9.13 Å². The van der Waals surface area contributed by atoms with Gasteiger partial charge in [-0.3, -0.25) is 4.90 Å². The van der Waals surface area contributed by atoms with E-state index in [0.29, 0.717) is 4.47 Å². The highest BCUT2D eigenvalue weighted by Gasteiger charge is 2.24. The number of ether oxygens (including phenoxy) is 1. The molecule has 2 rings (SSSR count). The lowest BCUT2D eigenvalue weighted by Crippen LogP contribution is -2.46. The molecule has 0 spiro atoms. The van der Waals surface area contributed by atoms with Crippen LogP contribution in [-0.4, -0.2) is 35.5 Å². The molecule has 2 unspecified atom stereocenters. The minimum atomic E-state index is -0.215. The summed E-state index contributed by atoms with van der Waals surface area (Å²) in [6.07, 6.45) is 0.475. The van der Waals surface area contributed by atoms with Crippen LogP contribution in [0.15, 0.2) is 22.7 Å². The molecule has 0 aliphatic carbocycles. The van der Waals surface area contributed by atoms with Crippen LogP contribution in [0.2, 0.25) is 0 Å². The van der Waals surface area contributed by atoms with Crippen LogP contribution < -0.4 is 0 Å². The van der Waals surface area contributed by atoms with E-state index in [4.69, 9.17) is 4.74 Å². The van der Waals surface area contributed by atoms with Crippen molar-refractivity contribution in [3.8, 4) is 0 Å². The number of hydrogen-bond donors (Lipinski definition) is 0. The third kappa shape index (κ3) is 3.76. The van der Waals surface area contributed by atoms with E-state index < -0.39 is 0 Å². The molecular formula is C13H16Br2FNO. The summed E-state index contributed by atoms with van der Waals surface area (Å²) in [6.45, 7) is 4.74. The summed E-state index contributed by atoms with van der Waals surface area (Å²) in [7, 11) is 0. The van der Waals surface area contributed by atoms with Crippen molar-refractivity contribution in [3.05, 3.63) is 34.1 Å². The molecule has 100 valence electrons. The number of alkyl halides is 1. The van der Waals surface area contributed by atoms with Crippen molar-refractivity contribution in [2.45, 2.75) is 25.7 Å². The first-order valence-corrected chi connectivity index (χ1v) is 7.87. The van der Waals surface area contributed by atoms with Crippen LogP contribution in [0.3, 0.4) is 0 Å². The van der Waals surface area contributed by atoms with Crippen LogP contribution in [-0.2, 0) is 11.3 Å². The van der Waals surface area contributed by atoms with Crippen LogP contribution in [0.4, 0.5) is 4.39 Å². The Morgan fingerprint density at radius 1 is 1.44 bits per heavy atom. The minimum absolute atomic E-state index is 0.215. The molecule has 1 heterocycles. The first kappa shape index (κ1) is 14.4. The molecule has 0 saturated carbocycles. The molecule has 18 heavy (non-hydrogen) atoms. The van der Waals surface area contributed by atoms with Gasteiger partial charge in [0.15, 0.2) is 0 Å². The molecule has 0 aromatic heterocycles. The summed E-state index contributed by atoms with van der Waals surface area (Å²) in [5, 5.41) is 0.848. The molecule has 1 aliphatic heterocycles. The Bertz CT molecular complexity index is 416. The average Bonchev–Trinajstić information content (AvgIpc) is 2.33. The van der Waals surface area contributed by atoms with Crippen molar-refractivity contribution in [3.63, 3.8) is 0 Å². The van der Waals surface area contributed by atoms with E-state index in [0.717, 1.165) is 30.5 Å². The standard InChI is InChI=1S/C13H16Br2FNO/c1-9-6-17(8-11(5-14)18-9)7-10-2-3-13(16)12(15)4-10/h2-4,9,11H,5-8H2,1H3. The largest absolute Gasteiger partial charge is 0.372 e. The second kappa shape index (κ2) is 6.46. The van der Waals surface area contributed by atoms with Gasteiger partial charge >= 0.3 is 0 Å². The van der Waals surface area contributed by atoms with Crippen molar-refractivity contribution >= 4 is 31.9 Å². The second-order valence-electron chi connectivity index (χ2n) is 4.67. The predicted octanol–water partition coefficient (Wildman–Crippen LogP) is 3.57. The molecule has 2 nitrogen and oxygen atoms in total. The normalized spacial score (nSPS) is 25.3. The summed E-state index contributed by atoms with van der Waals surface area (Å²) in [6, 6.07) is 5.19. The van der Waals surface area contributed by atoms with Gasteiger partial charge < -0.3 is 4.74 Å². The van der Waals surface area contributed by atoms with Crippen molar-refractivity contribution in [2.24, 2.45) is 0 Å². The summed E-state index contributed by atoms with van der Waals surface area (Å²) < 4.78 is 19.5. The van der Waals surface area contributed by atoms with E-state index in [-0.39, 0.29) is 18.0 Å². The fourth-order valence-electron chi connectivity index (χ4n) is 2.25. The zero-order valence-corrected chi connectivity index (χ0v) is 13.4. The maximum absolute atomic E-state index is 13.2. The van der Waals surface area contributed by atoms with E-state index in [1.54, 1.807) is 0 Å². The summed E-state index contributed by atoms with van der Waals surface area (Å²) in [5.74, 6) is -0.215. The Hall–Kier alpha value is 0.0300. The van der Waals surface area contributed by atoms with Crippen molar-refractivity contribution in [2.75, 3.05) is 18.4 Å². The fraction of sp³-hybridized carbons (Fsp3) is 0.538. The summed E-state index contributed by atoms with van der Waals surface area (Å²) >= 11 is 6.69. The van der Waals surface area contributed by atoms with E-state index in [2.05, 4.69) is 43.7 Å². The molecule has 0 N–H and O–H groups in total. The molecule has 1 aromatic rings. The Balaban J connectivity index is 2.01. The molecule has 0 bridgehead atoms. The zero-order valence-electron chi connectivity index (χ0n) is 10.2. The molecular weight excluding hydrogens is 365 g/mol. The maximum atomic E-state index is 13.2. The van der Waals surface area contributed by atoms with E-state index in [1.807, 2.05) is 12.1 Å². The van der Waals surface area contributed by atoms with Crippen LogP contribution in [0, 0.1) is 5.82 Å². The first-order valence-electron chi connectivity index (χ1n) is 5.96. The Morgan fingerprint density at radius 2 is 2.22 bits per heavy atom. The van der Waals surface area contributed by atoms with Gasteiger partial charge in [0, 0.05) is 25.0 Å². The molecule has 5 heteroatoms. The zero-order chi connectivity index (χ0) is 13.1. The lowest BCUT2D eigenvalue weighted by Gasteiger charge is -2.36. The van der Waals surface area contributed by atoms with Gasteiger partial charge in [0.05, 0.1) is 16.7 Å². The highest BCUT2D eigenvalue weighted by atomic mass is 79.9. The minimum Gasteiger partial charge on any atom is -0.372 e. The van der Waals surface area contributed by atoms with Gasteiger partial charge in [-0.1, -0.05) is 22.0 Å². The van der Waals surface area contributed by atoms with Gasteiger partial charge in [0.1, 0.15) is 5.82 Å². The second-order valence-corrected chi connectivity index (χ2v) is 6.17. The highest BCUT2D eigenvalue weighted by Crippen LogP contribution is 2.20. The van der Waals surface area contributed by atoms with Crippen molar-refractivity contribution in [1.29, 1.82) is 0 Å². The molecule has 1 aliphatic rings. The van der Waals surface area contributed by atoms with E-state index in [9.17, 15) is 4.39 Å². The summed E-state index contributed by atoms with van der Waals surface area (Å²) in [4.78, 5) is 2.35. The van der Waals surface area contributed by atoms with Crippen LogP contribution >= 0.6 is 31.9 Å². The van der Waals surface area contributed by atoms with Crippen molar-refractivity contribution in [1.82, 2.24) is 4.90 Å². The lowest BCUT2D eigenvalue weighted by molar-refractivity contribution is -0.0678. The van der Waals surface area contributed by atoms with Crippen LogP contribution in [0.25, 0.3) is 0 Å². The quantitative estimate of drug-likeness (QED) is 0.743. The van der Waals surface area contributed by atoms with Crippen LogP contribution in [0.1, 0.15) is 12.5 Å². The van der Waals surface area contributed by atoms with Gasteiger partial charge in [0.25, 0.3) is 0 Å². The van der Waals surface area contributed by atoms with Gasteiger partial charge in [-0.25, -0.2) is 4.39 Å². The first-order chi connectivity index (χ1) is 8.58. The number of nitrogens with zero attached hydrogens (tertiary/aromatic N) is 1. The topological polar surface area (TPSA) is 12.5 Å². The lowest BCUT2D eigenvalue weighted by atomic mass is 10.1. The number of benzene rings is 1. The van der Waals surface area contributed by atoms with Gasteiger partial charge in [0.2, 0.25) is 0 Å². The van der Waals surface area contributed by atoms with E-state index >= 15 is 0 Å². The number of rotatable bonds is 3. The third-order valence-electron chi connectivity index (χ3n) is 2.96. The average molecular weight is 381 g/mol. The van der Waals surface area contributed by atoms with Gasteiger partial charge in [-0.05, 0) is 40.5 Å². The molecule has 1 aromatic carbocycles. The molecule has 1 saturated heterocycles.